The molecule has 0 saturated carbocycles. The standard InChI is InChI=1S/C40H28/c1-2-12-31-26-32(25-20-27(31)10-1)40-37-17-7-5-15-35(37)39(36-16-6-8-18-38(36)40)30-23-21-29(22-24-30)34-19-9-13-28-11-3-4-14-33(28)34/h1-9,11-27H,10H2. The van der Waals surface area contributed by atoms with Gasteiger partial charge >= 0.3 is 0 Å². The van der Waals surface area contributed by atoms with E-state index in [0.29, 0.717) is 5.92 Å². The highest BCUT2D eigenvalue weighted by Gasteiger charge is 2.21. The summed E-state index contributed by atoms with van der Waals surface area (Å²) in [6, 6.07) is 42.2. The third-order valence-corrected chi connectivity index (χ3v) is 8.57. The molecule has 0 heteroatoms. The van der Waals surface area contributed by atoms with E-state index >= 15 is 0 Å². The second-order valence-electron chi connectivity index (χ2n) is 10.8. The molecule has 0 amide bonds. The van der Waals surface area contributed by atoms with Crippen LogP contribution in [0.1, 0.15) is 12.0 Å². The van der Waals surface area contributed by atoms with Gasteiger partial charge < -0.3 is 0 Å². The van der Waals surface area contributed by atoms with Crippen molar-refractivity contribution < 1.29 is 0 Å². The molecule has 0 aliphatic heterocycles. The maximum Gasteiger partial charge on any atom is 0.00561 e. The van der Waals surface area contributed by atoms with E-state index in [-0.39, 0.29) is 0 Å². The first kappa shape index (κ1) is 23.0. The first-order valence-corrected chi connectivity index (χ1v) is 14.1. The second kappa shape index (κ2) is 9.36. The Balaban J connectivity index is 1.33. The monoisotopic (exact) mass is 508 g/mol. The van der Waals surface area contributed by atoms with Gasteiger partial charge in [0.05, 0.1) is 0 Å². The van der Waals surface area contributed by atoms with Gasteiger partial charge in [-0.15, -0.1) is 0 Å². The lowest BCUT2D eigenvalue weighted by Gasteiger charge is -2.23. The number of hydrogen-bond donors (Lipinski definition) is 0. The molecule has 2 aliphatic carbocycles. The second-order valence-corrected chi connectivity index (χ2v) is 10.8. The molecule has 0 bridgehead atoms. The maximum atomic E-state index is 2.40. The molecule has 2 aliphatic rings. The summed E-state index contributed by atoms with van der Waals surface area (Å²) in [5.74, 6) is 0.491. The van der Waals surface area contributed by atoms with Crippen molar-refractivity contribution in [2.45, 2.75) is 6.42 Å². The molecule has 188 valence electrons. The maximum absolute atomic E-state index is 2.40. The molecule has 0 radical (unpaired) electrons. The van der Waals surface area contributed by atoms with Crippen LogP contribution in [0.2, 0.25) is 0 Å². The number of allylic oxidation sites excluding steroid dienone is 8. The smallest absolute Gasteiger partial charge is 0.00561 e. The SMILES string of the molecule is C1=CCC2C=CC(c3c4ccccc4c(-c4ccc(-c5cccc6ccccc56)cc4)c4ccccc34)=CC2=C1. The molecule has 40 heavy (non-hydrogen) atoms. The molecular formula is C40H28. The van der Waals surface area contributed by atoms with E-state index in [1.165, 1.54) is 71.3 Å². The van der Waals surface area contributed by atoms with E-state index in [4.69, 9.17) is 0 Å². The predicted octanol–water partition coefficient (Wildman–Crippen LogP) is 10.9. The third-order valence-electron chi connectivity index (χ3n) is 8.57. The molecule has 0 aromatic heterocycles. The van der Waals surface area contributed by atoms with Crippen LogP contribution in [0.3, 0.4) is 0 Å². The van der Waals surface area contributed by atoms with E-state index in [1.54, 1.807) is 0 Å². The van der Waals surface area contributed by atoms with Gasteiger partial charge in [-0.2, -0.15) is 0 Å². The Bertz CT molecular complexity index is 2000. The number of benzene rings is 6. The molecule has 0 spiro atoms. The zero-order valence-corrected chi connectivity index (χ0v) is 22.2. The summed E-state index contributed by atoms with van der Waals surface area (Å²) in [5, 5.41) is 7.75. The van der Waals surface area contributed by atoms with Gasteiger partial charge in [0.1, 0.15) is 0 Å². The Labute approximate surface area is 234 Å². The summed E-state index contributed by atoms with van der Waals surface area (Å²) in [6.07, 6.45) is 14.9. The summed E-state index contributed by atoms with van der Waals surface area (Å²) in [5.41, 5.74) is 9.09. The minimum Gasteiger partial charge on any atom is -0.0836 e. The molecule has 0 saturated heterocycles. The van der Waals surface area contributed by atoms with Crippen LogP contribution in [0.4, 0.5) is 0 Å². The highest BCUT2D eigenvalue weighted by molar-refractivity contribution is 6.19. The van der Waals surface area contributed by atoms with Crippen LogP contribution in [0, 0.1) is 5.92 Å². The molecule has 0 N–H and O–H groups in total. The zero-order chi connectivity index (χ0) is 26.5. The molecule has 0 nitrogen and oxygen atoms in total. The quantitative estimate of drug-likeness (QED) is 0.209. The van der Waals surface area contributed by atoms with Crippen molar-refractivity contribution in [2.24, 2.45) is 5.92 Å². The van der Waals surface area contributed by atoms with Gasteiger partial charge in [0, 0.05) is 5.92 Å². The van der Waals surface area contributed by atoms with Gasteiger partial charge in [0.2, 0.25) is 0 Å². The minimum atomic E-state index is 0.491. The van der Waals surface area contributed by atoms with E-state index in [1.807, 2.05) is 0 Å². The lowest BCUT2D eigenvalue weighted by atomic mass is 9.80. The first-order chi connectivity index (χ1) is 19.8. The predicted molar refractivity (Wildman–Crippen MR) is 172 cm³/mol. The largest absolute Gasteiger partial charge is 0.0836 e. The van der Waals surface area contributed by atoms with Crippen molar-refractivity contribution in [2.75, 3.05) is 0 Å². The van der Waals surface area contributed by atoms with Gasteiger partial charge in [-0.25, -0.2) is 0 Å². The normalized spacial score (nSPS) is 16.2. The molecule has 1 atom stereocenters. The number of fused-ring (bicyclic) bond motifs is 4. The average Bonchev–Trinajstić information content (AvgIpc) is 3.03. The summed E-state index contributed by atoms with van der Waals surface area (Å²) in [6.45, 7) is 0. The molecule has 1 unspecified atom stereocenters. The zero-order valence-electron chi connectivity index (χ0n) is 22.2. The van der Waals surface area contributed by atoms with E-state index in [2.05, 4.69) is 152 Å². The van der Waals surface area contributed by atoms with Crippen LogP contribution in [0.15, 0.2) is 157 Å². The molecule has 0 heterocycles. The van der Waals surface area contributed by atoms with E-state index in [9.17, 15) is 0 Å². The molecule has 0 fully saturated rings. The molecular weight excluding hydrogens is 480 g/mol. The van der Waals surface area contributed by atoms with Crippen molar-refractivity contribution in [3.8, 4) is 22.3 Å². The number of hydrogen-bond acceptors (Lipinski definition) is 0. The highest BCUT2D eigenvalue weighted by atomic mass is 14.2. The summed E-state index contributed by atoms with van der Waals surface area (Å²) >= 11 is 0. The fraction of sp³-hybridized carbons (Fsp3) is 0.0500. The highest BCUT2D eigenvalue weighted by Crippen LogP contribution is 2.44. The van der Waals surface area contributed by atoms with Crippen LogP contribution in [-0.2, 0) is 0 Å². The molecule has 6 aromatic rings. The number of rotatable bonds is 3. The lowest BCUT2D eigenvalue weighted by Crippen LogP contribution is -2.05. The first-order valence-electron chi connectivity index (χ1n) is 14.1. The van der Waals surface area contributed by atoms with Crippen molar-refractivity contribution in [3.63, 3.8) is 0 Å². The van der Waals surface area contributed by atoms with Crippen LogP contribution in [-0.4, -0.2) is 0 Å². The Morgan fingerprint density at radius 1 is 0.525 bits per heavy atom. The fourth-order valence-electron chi connectivity index (χ4n) is 6.66. The van der Waals surface area contributed by atoms with Crippen molar-refractivity contribution in [3.05, 3.63) is 163 Å². The van der Waals surface area contributed by atoms with E-state index < -0.39 is 0 Å². The van der Waals surface area contributed by atoms with Gasteiger partial charge in [-0.05, 0) is 77.7 Å². The summed E-state index contributed by atoms with van der Waals surface area (Å²) in [7, 11) is 0. The van der Waals surface area contributed by atoms with Crippen molar-refractivity contribution in [1.29, 1.82) is 0 Å². The average molecular weight is 509 g/mol. The Hall–Kier alpha value is -4.94. The molecule has 6 aromatic carbocycles. The van der Waals surface area contributed by atoms with Gasteiger partial charge in [0.15, 0.2) is 0 Å². The van der Waals surface area contributed by atoms with Crippen LogP contribution < -0.4 is 0 Å². The Morgan fingerprint density at radius 2 is 1.12 bits per heavy atom. The van der Waals surface area contributed by atoms with Gasteiger partial charge in [0.25, 0.3) is 0 Å². The van der Waals surface area contributed by atoms with E-state index in [0.717, 1.165) is 6.42 Å². The van der Waals surface area contributed by atoms with Gasteiger partial charge in [-0.3, -0.25) is 0 Å². The lowest BCUT2D eigenvalue weighted by molar-refractivity contribution is 0.781. The van der Waals surface area contributed by atoms with Crippen LogP contribution in [0.25, 0.3) is 60.1 Å². The minimum absolute atomic E-state index is 0.491. The Morgan fingerprint density at radius 3 is 1.85 bits per heavy atom. The van der Waals surface area contributed by atoms with Crippen LogP contribution in [0.5, 0.6) is 0 Å². The van der Waals surface area contributed by atoms with Crippen molar-refractivity contribution >= 4 is 37.9 Å². The fourth-order valence-corrected chi connectivity index (χ4v) is 6.66. The Kier molecular flexibility index (Phi) is 5.38. The topological polar surface area (TPSA) is 0 Å². The molecule has 8 rings (SSSR count). The third kappa shape index (κ3) is 3.68. The van der Waals surface area contributed by atoms with Crippen LogP contribution >= 0.6 is 0 Å². The van der Waals surface area contributed by atoms with Crippen molar-refractivity contribution in [1.82, 2.24) is 0 Å². The summed E-state index contributed by atoms with van der Waals surface area (Å²) < 4.78 is 0. The summed E-state index contributed by atoms with van der Waals surface area (Å²) in [4.78, 5) is 0. The van der Waals surface area contributed by atoms with Gasteiger partial charge in [-0.1, -0.05) is 152 Å².